The Morgan fingerprint density at radius 2 is 1.89 bits per heavy atom. The molecule has 104 valence electrons. The SMILES string of the molecule is CC1(C)CCCCC1C(=O)N1CCC(CCl)CC1. The van der Waals surface area contributed by atoms with Gasteiger partial charge < -0.3 is 4.90 Å². The number of hydrogen-bond donors (Lipinski definition) is 0. The third-order valence-corrected chi connectivity index (χ3v) is 5.39. The Morgan fingerprint density at radius 1 is 1.22 bits per heavy atom. The highest BCUT2D eigenvalue weighted by Crippen LogP contribution is 2.41. The highest BCUT2D eigenvalue weighted by molar-refractivity contribution is 6.18. The van der Waals surface area contributed by atoms with Gasteiger partial charge in [0.15, 0.2) is 0 Å². The molecule has 1 saturated carbocycles. The summed E-state index contributed by atoms with van der Waals surface area (Å²) < 4.78 is 0. The molecule has 3 heteroatoms. The van der Waals surface area contributed by atoms with Gasteiger partial charge >= 0.3 is 0 Å². The molecular weight excluding hydrogens is 246 g/mol. The molecule has 1 unspecified atom stereocenters. The van der Waals surface area contributed by atoms with Crippen LogP contribution in [0.5, 0.6) is 0 Å². The predicted octanol–water partition coefficient (Wildman–Crippen LogP) is 3.68. The normalized spacial score (nSPS) is 29.3. The fourth-order valence-corrected chi connectivity index (χ4v) is 3.79. The number of rotatable bonds is 2. The van der Waals surface area contributed by atoms with Crippen LogP contribution >= 0.6 is 11.6 Å². The van der Waals surface area contributed by atoms with Crippen LogP contribution in [0.25, 0.3) is 0 Å². The molecule has 0 radical (unpaired) electrons. The van der Waals surface area contributed by atoms with Crippen LogP contribution in [-0.4, -0.2) is 29.8 Å². The van der Waals surface area contributed by atoms with Crippen molar-refractivity contribution < 1.29 is 4.79 Å². The molecule has 18 heavy (non-hydrogen) atoms. The maximum Gasteiger partial charge on any atom is 0.226 e. The molecule has 0 aromatic rings. The molecule has 1 atom stereocenters. The van der Waals surface area contributed by atoms with E-state index in [4.69, 9.17) is 11.6 Å². The third-order valence-electron chi connectivity index (χ3n) is 4.95. The van der Waals surface area contributed by atoms with Gasteiger partial charge in [-0.15, -0.1) is 11.6 Å². The summed E-state index contributed by atoms with van der Waals surface area (Å²) in [5.74, 6) is 2.03. The first kappa shape index (κ1) is 14.2. The van der Waals surface area contributed by atoms with Crippen LogP contribution in [0.15, 0.2) is 0 Å². The molecule has 1 aliphatic heterocycles. The van der Waals surface area contributed by atoms with Crippen molar-refractivity contribution in [1.29, 1.82) is 0 Å². The number of nitrogens with zero attached hydrogens (tertiary/aromatic N) is 1. The summed E-state index contributed by atoms with van der Waals surface area (Å²) in [4.78, 5) is 14.8. The average Bonchev–Trinajstić information content (AvgIpc) is 2.37. The maximum absolute atomic E-state index is 12.7. The number of carbonyl (C=O) groups excluding carboxylic acids is 1. The topological polar surface area (TPSA) is 20.3 Å². The minimum atomic E-state index is 0.193. The first-order valence-electron chi connectivity index (χ1n) is 7.39. The van der Waals surface area contributed by atoms with E-state index in [1.165, 1.54) is 19.3 Å². The molecule has 0 spiro atoms. The molecule has 2 aliphatic rings. The number of carbonyl (C=O) groups is 1. The fraction of sp³-hybridized carbons (Fsp3) is 0.933. The first-order chi connectivity index (χ1) is 8.54. The smallest absolute Gasteiger partial charge is 0.226 e. The molecule has 2 fully saturated rings. The molecule has 2 nitrogen and oxygen atoms in total. The minimum Gasteiger partial charge on any atom is -0.342 e. The highest BCUT2D eigenvalue weighted by Gasteiger charge is 2.39. The molecule has 1 saturated heterocycles. The summed E-state index contributed by atoms with van der Waals surface area (Å²) in [5.41, 5.74) is 0.193. The van der Waals surface area contributed by atoms with Gasteiger partial charge in [-0.2, -0.15) is 0 Å². The number of hydrogen-bond acceptors (Lipinski definition) is 1. The fourth-order valence-electron chi connectivity index (χ4n) is 3.48. The lowest BCUT2D eigenvalue weighted by molar-refractivity contribution is -0.142. The number of piperidine rings is 1. The van der Waals surface area contributed by atoms with Crippen LogP contribution in [0.3, 0.4) is 0 Å². The van der Waals surface area contributed by atoms with Gasteiger partial charge in [0.05, 0.1) is 0 Å². The Hall–Kier alpha value is -0.240. The predicted molar refractivity (Wildman–Crippen MR) is 75.8 cm³/mol. The molecule has 0 aromatic heterocycles. The molecule has 1 heterocycles. The molecular formula is C15H26ClNO. The third kappa shape index (κ3) is 3.01. The number of halogens is 1. The number of amides is 1. The van der Waals surface area contributed by atoms with E-state index in [9.17, 15) is 4.79 Å². The van der Waals surface area contributed by atoms with Gasteiger partial charge in [-0.3, -0.25) is 4.79 Å². The van der Waals surface area contributed by atoms with E-state index in [0.717, 1.165) is 38.2 Å². The minimum absolute atomic E-state index is 0.193. The first-order valence-corrected chi connectivity index (χ1v) is 7.93. The lowest BCUT2D eigenvalue weighted by Gasteiger charge is -2.42. The number of likely N-dealkylation sites (tertiary alicyclic amines) is 1. The second-order valence-electron chi connectivity index (χ2n) is 6.71. The maximum atomic E-state index is 12.7. The average molecular weight is 272 g/mol. The second kappa shape index (κ2) is 5.81. The Bertz CT molecular complexity index is 295. The lowest BCUT2D eigenvalue weighted by atomic mass is 9.68. The summed E-state index contributed by atoms with van der Waals surface area (Å²) in [7, 11) is 0. The second-order valence-corrected chi connectivity index (χ2v) is 7.02. The largest absolute Gasteiger partial charge is 0.342 e. The monoisotopic (exact) mass is 271 g/mol. The van der Waals surface area contributed by atoms with E-state index in [1.807, 2.05) is 0 Å². The molecule has 1 amide bonds. The van der Waals surface area contributed by atoms with E-state index in [1.54, 1.807) is 0 Å². The van der Waals surface area contributed by atoms with Gasteiger partial charge in [0.25, 0.3) is 0 Å². The van der Waals surface area contributed by atoms with Gasteiger partial charge in [0, 0.05) is 24.9 Å². The summed E-state index contributed by atoms with van der Waals surface area (Å²) in [6, 6.07) is 0. The van der Waals surface area contributed by atoms with Gasteiger partial charge in [-0.05, 0) is 37.0 Å². The van der Waals surface area contributed by atoms with Crippen molar-refractivity contribution >= 4 is 17.5 Å². The van der Waals surface area contributed by atoms with Crippen molar-refractivity contribution in [3.8, 4) is 0 Å². The number of alkyl halides is 1. The zero-order chi connectivity index (χ0) is 13.2. The summed E-state index contributed by atoms with van der Waals surface area (Å²) >= 11 is 5.90. The van der Waals surface area contributed by atoms with Gasteiger partial charge in [0.1, 0.15) is 0 Å². The van der Waals surface area contributed by atoms with Crippen molar-refractivity contribution in [1.82, 2.24) is 4.90 Å². The molecule has 2 rings (SSSR count). The Morgan fingerprint density at radius 3 is 2.44 bits per heavy atom. The van der Waals surface area contributed by atoms with E-state index in [0.29, 0.717) is 11.8 Å². The van der Waals surface area contributed by atoms with E-state index in [2.05, 4.69) is 18.7 Å². The van der Waals surface area contributed by atoms with E-state index < -0.39 is 0 Å². The summed E-state index contributed by atoms with van der Waals surface area (Å²) in [5, 5.41) is 0. The van der Waals surface area contributed by atoms with Crippen molar-refractivity contribution in [2.75, 3.05) is 19.0 Å². The Kier molecular flexibility index (Phi) is 4.58. The van der Waals surface area contributed by atoms with Crippen molar-refractivity contribution in [2.24, 2.45) is 17.3 Å². The van der Waals surface area contributed by atoms with E-state index in [-0.39, 0.29) is 11.3 Å². The van der Waals surface area contributed by atoms with Crippen LogP contribution in [-0.2, 0) is 4.79 Å². The van der Waals surface area contributed by atoms with Crippen LogP contribution in [0, 0.1) is 17.3 Å². The van der Waals surface area contributed by atoms with E-state index >= 15 is 0 Å². The Balaban J connectivity index is 1.95. The van der Waals surface area contributed by atoms with Crippen LogP contribution < -0.4 is 0 Å². The molecule has 1 aliphatic carbocycles. The van der Waals surface area contributed by atoms with Crippen LogP contribution in [0.4, 0.5) is 0 Å². The highest BCUT2D eigenvalue weighted by atomic mass is 35.5. The zero-order valence-electron chi connectivity index (χ0n) is 11.8. The lowest BCUT2D eigenvalue weighted by Crippen LogP contribution is -2.46. The van der Waals surface area contributed by atoms with Gasteiger partial charge in [-0.1, -0.05) is 26.7 Å². The van der Waals surface area contributed by atoms with Gasteiger partial charge in [0.2, 0.25) is 5.91 Å². The molecule has 0 bridgehead atoms. The van der Waals surface area contributed by atoms with Crippen molar-refractivity contribution in [3.05, 3.63) is 0 Å². The molecule has 0 aromatic carbocycles. The van der Waals surface area contributed by atoms with Gasteiger partial charge in [-0.25, -0.2) is 0 Å². The quantitative estimate of drug-likeness (QED) is 0.702. The van der Waals surface area contributed by atoms with Crippen molar-refractivity contribution in [2.45, 2.75) is 52.4 Å². The van der Waals surface area contributed by atoms with Crippen LogP contribution in [0.1, 0.15) is 52.4 Å². The zero-order valence-corrected chi connectivity index (χ0v) is 12.5. The summed E-state index contributed by atoms with van der Waals surface area (Å²) in [6.45, 7) is 6.37. The molecule has 0 N–H and O–H groups in total. The Labute approximate surface area is 116 Å². The summed E-state index contributed by atoms with van der Waals surface area (Å²) in [6.07, 6.45) is 6.96. The van der Waals surface area contributed by atoms with Crippen LogP contribution in [0.2, 0.25) is 0 Å². The standard InChI is InChI=1S/C15H26ClNO/c1-15(2)8-4-3-5-13(15)14(18)17-9-6-12(11-16)7-10-17/h12-13H,3-11H2,1-2H3. The van der Waals surface area contributed by atoms with Crippen molar-refractivity contribution in [3.63, 3.8) is 0 Å².